The van der Waals surface area contributed by atoms with Crippen molar-refractivity contribution in [3.05, 3.63) is 35.0 Å². The predicted octanol–water partition coefficient (Wildman–Crippen LogP) is 2.50. The van der Waals surface area contributed by atoms with Crippen LogP contribution in [0.25, 0.3) is 11.4 Å². The van der Waals surface area contributed by atoms with E-state index in [4.69, 9.17) is 16.6 Å². The van der Waals surface area contributed by atoms with Crippen LogP contribution in [0.4, 0.5) is 11.5 Å². The molecule has 0 bridgehead atoms. The molecule has 1 fully saturated rings. The van der Waals surface area contributed by atoms with Crippen molar-refractivity contribution in [3.63, 3.8) is 0 Å². The molecule has 0 aliphatic carbocycles. The lowest BCUT2D eigenvalue weighted by molar-refractivity contribution is -0.107. The molecule has 0 unspecified atom stereocenters. The predicted molar refractivity (Wildman–Crippen MR) is 109 cm³/mol. The summed E-state index contributed by atoms with van der Waals surface area (Å²) >= 11 is 6.43. The third kappa shape index (κ3) is 3.77. The highest BCUT2D eigenvalue weighted by molar-refractivity contribution is 6.30. The Morgan fingerprint density at radius 2 is 1.81 bits per heavy atom. The van der Waals surface area contributed by atoms with Crippen molar-refractivity contribution in [3.8, 4) is 11.4 Å². The normalized spacial score (nSPS) is 17.3. The molecule has 3 heterocycles. The summed E-state index contributed by atoms with van der Waals surface area (Å²) in [6.07, 6.45) is 2.27. The van der Waals surface area contributed by atoms with Crippen molar-refractivity contribution in [1.29, 1.82) is 0 Å². The molecule has 7 heteroatoms. The molecule has 6 nitrogen and oxygen atoms in total. The second-order valence-electron chi connectivity index (χ2n) is 7.17. The van der Waals surface area contributed by atoms with Crippen molar-refractivity contribution in [2.24, 2.45) is 0 Å². The smallest absolute Gasteiger partial charge is 0.163 e. The number of carbonyl (C=O) groups excluding carboxylic acids is 1. The second kappa shape index (κ2) is 7.82. The first-order valence-electron chi connectivity index (χ1n) is 9.44. The summed E-state index contributed by atoms with van der Waals surface area (Å²) in [5, 5.41) is 0.520. The van der Waals surface area contributed by atoms with Crippen LogP contribution in [0.2, 0.25) is 5.15 Å². The maximum atomic E-state index is 10.7. The number of likely N-dealkylation sites (N-methyl/N-ethyl adjacent to an activating group) is 1. The SMILES string of the molecule is CN1CCN(c2ccc(-c3nc(Cl)c4c(n3)N(CCC=O)CC4)cc2)CC1. The number of nitrogens with zero attached hydrogens (tertiary/aromatic N) is 5. The number of carbonyl (C=O) groups is 1. The molecule has 1 saturated heterocycles. The van der Waals surface area contributed by atoms with Crippen molar-refractivity contribution in [1.82, 2.24) is 14.9 Å². The third-order valence-electron chi connectivity index (χ3n) is 5.38. The van der Waals surface area contributed by atoms with Gasteiger partial charge in [0.2, 0.25) is 0 Å². The quantitative estimate of drug-likeness (QED) is 0.582. The molecule has 0 N–H and O–H groups in total. The molecule has 2 aliphatic rings. The minimum absolute atomic E-state index is 0.496. The first-order chi connectivity index (χ1) is 13.2. The summed E-state index contributed by atoms with van der Waals surface area (Å²) in [4.78, 5) is 26.9. The van der Waals surface area contributed by atoms with Gasteiger partial charge in [0.15, 0.2) is 5.82 Å². The molecular formula is C20H24ClN5O. The second-order valence-corrected chi connectivity index (χ2v) is 7.53. The van der Waals surface area contributed by atoms with Crippen LogP contribution in [-0.4, -0.2) is 67.5 Å². The summed E-state index contributed by atoms with van der Waals surface area (Å²) in [6.45, 7) is 5.77. The van der Waals surface area contributed by atoms with Gasteiger partial charge in [-0.1, -0.05) is 11.6 Å². The van der Waals surface area contributed by atoms with E-state index in [9.17, 15) is 4.79 Å². The maximum absolute atomic E-state index is 10.7. The number of aromatic nitrogens is 2. The molecular weight excluding hydrogens is 362 g/mol. The van der Waals surface area contributed by atoms with Gasteiger partial charge in [0, 0.05) is 62.5 Å². The fraction of sp³-hybridized carbons (Fsp3) is 0.450. The highest BCUT2D eigenvalue weighted by Gasteiger charge is 2.25. The van der Waals surface area contributed by atoms with Crippen molar-refractivity contribution >= 4 is 29.4 Å². The van der Waals surface area contributed by atoms with Crippen LogP contribution in [0.15, 0.2) is 24.3 Å². The van der Waals surface area contributed by atoms with Crippen LogP contribution >= 0.6 is 11.6 Å². The van der Waals surface area contributed by atoms with Crippen molar-refractivity contribution in [2.75, 3.05) is 56.1 Å². The molecule has 2 aliphatic heterocycles. The Morgan fingerprint density at radius 3 is 2.52 bits per heavy atom. The first kappa shape index (κ1) is 18.2. The number of hydrogen-bond donors (Lipinski definition) is 0. The van der Waals surface area contributed by atoms with Gasteiger partial charge in [-0.2, -0.15) is 0 Å². The van der Waals surface area contributed by atoms with Gasteiger partial charge in [0.05, 0.1) is 0 Å². The van der Waals surface area contributed by atoms with E-state index in [2.05, 4.69) is 51.0 Å². The maximum Gasteiger partial charge on any atom is 0.163 e. The van der Waals surface area contributed by atoms with E-state index in [0.29, 0.717) is 23.9 Å². The van der Waals surface area contributed by atoms with E-state index in [0.717, 1.165) is 62.4 Å². The topological polar surface area (TPSA) is 52.6 Å². The van der Waals surface area contributed by atoms with E-state index in [1.165, 1.54) is 5.69 Å². The molecule has 0 spiro atoms. The van der Waals surface area contributed by atoms with Gasteiger partial charge in [-0.05, 0) is 37.7 Å². The van der Waals surface area contributed by atoms with E-state index >= 15 is 0 Å². The Hall–Kier alpha value is -2.18. The summed E-state index contributed by atoms with van der Waals surface area (Å²) < 4.78 is 0. The zero-order valence-corrected chi connectivity index (χ0v) is 16.3. The first-order valence-corrected chi connectivity index (χ1v) is 9.82. The van der Waals surface area contributed by atoms with Crippen molar-refractivity contribution < 1.29 is 4.79 Å². The molecule has 0 radical (unpaired) electrons. The molecule has 1 aromatic heterocycles. The van der Waals surface area contributed by atoms with Gasteiger partial charge in [-0.15, -0.1) is 0 Å². The largest absolute Gasteiger partial charge is 0.369 e. The zero-order valence-electron chi connectivity index (χ0n) is 15.6. The van der Waals surface area contributed by atoms with Gasteiger partial charge in [0.25, 0.3) is 0 Å². The zero-order chi connectivity index (χ0) is 18.8. The third-order valence-corrected chi connectivity index (χ3v) is 5.69. The Labute approximate surface area is 164 Å². The fourth-order valence-electron chi connectivity index (χ4n) is 3.72. The monoisotopic (exact) mass is 385 g/mol. The fourth-order valence-corrected chi connectivity index (χ4v) is 3.98. The average molecular weight is 386 g/mol. The van der Waals surface area contributed by atoms with E-state index in [1.807, 2.05) is 0 Å². The van der Waals surface area contributed by atoms with Crippen molar-refractivity contribution in [2.45, 2.75) is 12.8 Å². The molecule has 2 aromatic rings. The van der Waals surface area contributed by atoms with Crippen LogP contribution in [0.3, 0.4) is 0 Å². The lowest BCUT2D eigenvalue weighted by Crippen LogP contribution is -2.44. The average Bonchev–Trinajstić information content (AvgIpc) is 3.10. The Kier molecular flexibility index (Phi) is 5.27. The van der Waals surface area contributed by atoms with Crippen LogP contribution in [0, 0.1) is 0 Å². The Bertz CT molecular complexity index is 818. The standard InChI is InChI=1S/C20H24ClN5O/c1-24-10-12-25(13-11-24)16-5-3-15(4-6-16)19-22-18(21)17-7-9-26(8-2-14-27)20(17)23-19/h3-6,14H,2,7-13H2,1H3. The van der Waals surface area contributed by atoms with Gasteiger partial charge >= 0.3 is 0 Å². The Morgan fingerprint density at radius 1 is 1.07 bits per heavy atom. The molecule has 4 rings (SSSR count). The number of halogens is 1. The van der Waals surface area contributed by atoms with Gasteiger partial charge < -0.3 is 19.5 Å². The van der Waals surface area contributed by atoms with Gasteiger partial charge in [-0.3, -0.25) is 0 Å². The molecule has 0 saturated carbocycles. The molecule has 27 heavy (non-hydrogen) atoms. The number of hydrogen-bond acceptors (Lipinski definition) is 6. The van der Waals surface area contributed by atoms with Crippen LogP contribution in [-0.2, 0) is 11.2 Å². The van der Waals surface area contributed by atoms with E-state index in [-0.39, 0.29) is 0 Å². The number of benzene rings is 1. The number of piperazine rings is 1. The highest BCUT2D eigenvalue weighted by atomic mass is 35.5. The molecule has 0 atom stereocenters. The van der Waals surface area contributed by atoms with E-state index < -0.39 is 0 Å². The Balaban J connectivity index is 1.57. The summed E-state index contributed by atoms with van der Waals surface area (Å²) in [5.74, 6) is 1.51. The van der Waals surface area contributed by atoms with Crippen LogP contribution < -0.4 is 9.80 Å². The molecule has 142 valence electrons. The lowest BCUT2D eigenvalue weighted by atomic mass is 10.1. The minimum Gasteiger partial charge on any atom is -0.369 e. The summed E-state index contributed by atoms with van der Waals surface area (Å²) in [5.41, 5.74) is 3.17. The number of anilines is 2. The number of fused-ring (bicyclic) bond motifs is 1. The molecule has 0 amide bonds. The van der Waals surface area contributed by atoms with E-state index in [1.54, 1.807) is 0 Å². The lowest BCUT2D eigenvalue weighted by Gasteiger charge is -2.34. The highest BCUT2D eigenvalue weighted by Crippen LogP contribution is 2.33. The molecule has 1 aromatic carbocycles. The summed E-state index contributed by atoms with van der Waals surface area (Å²) in [7, 11) is 2.16. The van der Waals surface area contributed by atoms with Gasteiger partial charge in [0.1, 0.15) is 17.3 Å². The van der Waals surface area contributed by atoms with Crippen LogP contribution in [0.1, 0.15) is 12.0 Å². The minimum atomic E-state index is 0.496. The van der Waals surface area contributed by atoms with Gasteiger partial charge in [-0.25, -0.2) is 9.97 Å². The number of rotatable bonds is 5. The van der Waals surface area contributed by atoms with Crippen LogP contribution in [0.5, 0.6) is 0 Å². The number of aldehydes is 1. The summed E-state index contributed by atoms with van der Waals surface area (Å²) in [6, 6.07) is 8.40.